The third-order valence-corrected chi connectivity index (χ3v) is 6.43. The second-order valence-corrected chi connectivity index (χ2v) is 8.76. The number of hydrogen-bond acceptors (Lipinski definition) is 7. The van der Waals surface area contributed by atoms with Gasteiger partial charge in [0, 0.05) is 25.1 Å². The van der Waals surface area contributed by atoms with Crippen LogP contribution in [0.2, 0.25) is 0 Å². The third kappa shape index (κ3) is 5.53. The summed E-state index contributed by atoms with van der Waals surface area (Å²) in [6.45, 7) is 2.95. The molecule has 1 N–H and O–H groups in total. The molecule has 2 heterocycles. The zero-order chi connectivity index (χ0) is 24.9. The number of aromatic amines is 1. The van der Waals surface area contributed by atoms with Crippen LogP contribution in [0.1, 0.15) is 71.9 Å². The number of methoxy groups -OCH3 is 1. The van der Waals surface area contributed by atoms with Crippen LogP contribution in [0, 0.1) is 25.5 Å². The predicted molar refractivity (Wildman–Crippen MR) is 123 cm³/mol. The van der Waals surface area contributed by atoms with E-state index in [2.05, 4.69) is 14.7 Å². The molecule has 10 heteroatoms. The summed E-state index contributed by atoms with van der Waals surface area (Å²) in [4.78, 5) is 18.2. The van der Waals surface area contributed by atoms with Gasteiger partial charge in [0.15, 0.2) is 30.0 Å². The van der Waals surface area contributed by atoms with Crippen LogP contribution < -0.4 is 15.2 Å². The van der Waals surface area contributed by atoms with E-state index in [4.69, 9.17) is 19.2 Å². The van der Waals surface area contributed by atoms with E-state index in [0.29, 0.717) is 17.0 Å². The normalized spacial score (nSPS) is 14.3. The molecule has 1 saturated carbocycles. The van der Waals surface area contributed by atoms with Crippen LogP contribution in [0.4, 0.5) is 8.78 Å². The number of H-pyrrole nitrogens is 1. The number of rotatable bonds is 9. The van der Waals surface area contributed by atoms with E-state index >= 15 is 8.78 Å². The van der Waals surface area contributed by atoms with Crippen LogP contribution in [-0.2, 0) is 17.8 Å². The molecule has 0 radical (unpaired) electrons. The molecule has 1 aliphatic rings. The van der Waals surface area contributed by atoms with Crippen molar-refractivity contribution in [3.8, 4) is 11.5 Å². The van der Waals surface area contributed by atoms with E-state index in [0.717, 1.165) is 31.4 Å². The summed E-state index contributed by atoms with van der Waals surface area (Å²) in [5.41, 5.74) is 2.63. The molecule has 0 spiro atoms. The molecule has 8 nitrogen and oxygen atoms in total. The maximum atomic E-state index is 15.2. The Morgan fingerprint density at radius 3 is 2.43 bits per heavy atom. The highest BCUT2D eigenvalue weighted by atomic mass is 19.1. The van der Waals surface area contributed by atoms with Crippen LogP contribution in [0.3, 0.4) is 0 Å². The first-order chi connectivity index (χ1) is 16.9. The first-order valence-electron chi connectivity index (χ1n) is 11.6. The SMILES string of the molecule is COCOc1ccc(Cc2c(C)c(F)c(OCc3noc(=O)[nH]3)c(F)c2C)nc1C1CCCCC1. The number of aromatic nitrogens is 3. The first kappa shape index (κ1) is 24.8. The lowest BCUT2D eigenvalue weighted by molar-refractivity contribution is 0.0496. The minimum atomic E-state index is -0.804. The Labute approximate surface area is 201 Å². The van der Waals surface area contributed by atoms with Gasteiger partial charge in [-0.1, -0.05) is 24.4 Å². The van der Waals surface area contributed by atoms with Crippen molar-refractivity contribution in [3.63, 3.8) is 0 Å². The largest absolute Gasteiger partial charge is 0.479 e. The first-order valence-corrected chi connectivity index (χ1v) is 11.6. The molecular formula is C25H29F2N3O5. The van der Waals surface area contributed by atoms with Crippen molar-refractivity contribution in [3.05, 3.63) is 68.2 Å². The lowest BCUT2D eigenvalue weighted by atomic mass is 9.86. The van der Waals surface area contributed by atoms with Gasteiger partial charge in [-0.3, -0.25) is 14.5 Å². The van der Waals surface area contributed by atoms with Crippen LogP contribution in [0.25, 0.3) is 0 Å². The van der Waals surface area contributed by atoms with Crippen LogP contribution in [0.5, 0.6) is 11.5 Å². The highest BCUT2D eigenvalue weighted by molar-refractivity contribution is 5.46. The molecule has 188 valence electrons. The van der Waals surface area contributed by atoms with E-state index in [9.17, 15) is 4.79 Å². The van der Waals surface area contributed by atoms with Gasteiger partial charge in [0.1, 0.15) is 12.4 Å². The van der Waals surface area contributed by atoms with E-state index < -0.39 is 23.1 Å². The zero-order valence-corrected chi connectivity index (χ0v) is 20.1. The minimum Gasteiger partial charge on any atom is -0.479 e. The molecule has 2 aromatic heterocycles. The molecule has 1 aliphatic carbocycles. The van der Waals surface area contributed by atoms with Gasteiger partial charge in [0.05, 0.1) is 5.69 Å². The average molecular weight is 490 g/mol. The maximum Gasteiger partial charge on any atom is 0.439 e. The number of pyridine rings is 1. The second-order valence-electron chi connectivity index (χ2n) is 8.76. The maximum absolute atomic E-state index is 15.2. The number of ether oxygens (including phenoxy) is 3. The number of benzene rings is 1. The van der Waals surface area contributed by atoms with Gasteiger partial charge in [0.2, 0.25) is 0 Å². The van der Waals surface area contributed by atoms with E-state index in [-0.39, 0.29) is 42.7 Å². The summed E-state index contributed by atoms with van der Waals surface area (Å²) in [5.74, 6) is -1.91. The summed E-state index contributed by atoms with van der Waals surface area (Å²) in [7, 11) is 1.56. The van der Waals surface area contributed by atoms with Crippen LogP contribution in [-0.4, -0.2) is 29.0 Å². The van der Waals surface area contributed by atoms with Gasteiger partial charge in [-0.25, -0.2) is 13.6 Å². The molecule has 0 bridgehead atoms. The highest BCUT2D eigenvalue weighted by Gasteiger charge is 2.25. The van der Waals surface area contributed by atoms with Crippen molar-refractivity contribution in [2.75, 3.05) is 13.9 Å². The van der Waals surface area contributed by atoms with Gasteiger partial charge in [-0.15, -0.1) is 0 Å². The molecule has 0 amide bonds. The second kappa shape index (κ2) is 11.0. The van der Waals surface area contributed by atoms with Crippen molar-refractivity contribution in [2.45, 2.75) is 64.9 Å². The van der Waals surface area contributed by atoms with Gasteiger partial charge >= 0.3 is 5.76 Å². The predicted octanol–water partition coefficient (Wildman–Crippen LogP) is 4.85. The lowest BCUT2D eigenvalue weighted by Crippen LogP contribution is -2.13. The summed E-state index contributed by atoms with van der Waals surface area (Å²) in [5, 5.41) is 3.44. The van der Waals surface area contributed by atoms with Gasteiger partial charge in [0.25, 0.3) is 0 Å². The molecule has 1 fully saturated rings. The standard InChI is InChI=1S/C25H29F2N3O5/c1-14-18(15(2)22(27)24(21(14)26)33-12-20-29-25(31)35-30-20)11-17-9-10-19(34-13-32-3)23(28-17)16-7-5-4-6-8-16/h9-10,16H,4-8,11-13H2,1-3H3,(H,29,30,31). The summed E-state index contributed by atoms with van der Waals surface area (Å²) in [6.07, 6.45) is 5.81. The smallest absolute Gasteiger partial charge is 0.439 e. The Bertz CT molecular complexity index is 1210. The van der Waals surface area contributed by atoms with Gasteiger partial charge in [-0.2, -0.15) is 0 Å². The van der Waals surface area contributed by atoms with Crippen LogP contribution >= 0.6 is 0 Å². The Morgan fingerprint density at radius 2 is 1.80 bits per heavy atom. The fourth-order valence-electron chi connectivity index (χ4n) is 4.53. The minimum absolute atomic E-state index is 0.0309. The molecule has 0 atom stereocenters. The molecule has 0 unspecified atom stereocenters. The quantitative estimate of drug-likeness (QED) is 0.429. The molecule has 4 rings (SSSR count). The zero-order valence-electron chi connectivity index (χ0n) is 20.1. The average Bonchev–Trinajstić information content (AvgIpc) is 3.30. The molecular weight excluding hydrogens is 460 g/mol. The molecule has 0 saturated heterocycles. The van der Waals surface area contributed by atoms with Gasteiger partial charge in [-0.05, 0) is 55.5 Å². The number of nitrogens with one attached hydrogen (secondary N) is 1. The molecule has 35 heavy (non-hydrogen) atoms. The Morgan fingerprint density at radius 1 is 1.09 bits per heavy atom. The third-order valence-electron chi connectivity index (χ3n) is 6.43. The van der Waals surface area contributed by atoms with E-state index in [1.807, 2.05) is 12.1 Å². The fraction of sp³-hybridized carbons (Fsp3) is 0.480. The van der Waals surface area contributed by atoms with Crippen molar-refractivity contribution in [1.29, 1.82) is 0 Å². The number of halogens is 2. The van der Waals surface area contributed by atoms with Crippen molar-refractivity contribution < 1.29 is 27.5 Å². The highest BCUT2D eigenvalue weighted by Crippen LogP contribution is 2.37. The molecule has 3 aromatic rings. The number of nitrogens with zero attached hydrogens (tertiary/aromatic N) is 2. The lowest BCUT2D eigenvalue weighted by Gasteiger charge is -2.24. The summed E-state index contributed by atoms with van der Waals surface area (Å²) in [6, 6.07) is 3.68. The van der Waals surface area contributed by atoms with Crippen molar-refractivity contribution >= 4 is 0 Å². The molecule has 1 aromatic carbocycles. The van der Waals surface area contributed by atoms with Gasteiger partial charge < -0.3 is 14.2 Å². The van der Waals surface area contributed by atoms with Crippen molar-refractivity contribution in [2.24, 2.45) is 0 Å². The Hall–Kier alpha value is -3.27. The molecule has 0 aliphatic heterocycles. The van der Waals surface area contributed by atoms with Crippen LogP contribution in [0.15, 0.2) is 21.5 Å². The van der Waals surface area contributed by atoms with Crippen molar-refractivity contribution in [1.82, 2.24) is 15.1 Å². The number of hydrogen-bond donors (Lipinski definition) is 1. The van der Waals surface area contributed by atoms with E-state index in [1.165, 1.54) is 6.42 Å². The van der Waals surface area contributed by atoms with E-state index in [1.54, 1.807) is 21.0 Å². The summed E-state index contributed by atoms with van der Waals surface area (Å²) < 4.78 is 50.8. The topological polar surface area (TPSA) is 99.5 Å². The Balaban J connectivity index is 1.62. The fourth-order valence-corrected chi connectivity index (χ4v) is 4.53. The monoisotopic (exact) mass is 489 g/mol. The summed E-state index contributed by atoms with van der Waals surface area (Å²) >= 11 is 0. The Kier molecular flexibility index (Phi) is 7.80.